The normalized spacial score (nSPS) is 10.8. The second kappa shape index (κ2) is 5.06. The zero-order chi connectivity index (χ0) is 13.2. The first-order valence-electron chi connectivity index (χ1n) is 6.39. The Labute approximate surface area is 117 Å². The Kier molecular flexibility index (Phi) is 3.26. The largest absolute Gasteiger partial charge is 0.489 e. The number of fused-ring (bicyclic) bond motifs is 1. The van der Waals surface area contributed by atoms with Crippen molar-refractivity contribution in [2.24, 2.45) is 0 Å². The lowest BCUT2D eigenvalue weighted by molar-refractivity contribution is 0.308. The molecule has 0 fully saturated rings. The van der Waals surface area contributed by atoms with Crippen molar-refractivity contribution in [2.75, 3.05) is 0 Å². The van der Waals surface area contributed by atoms with E-state index in [9.17, 15) is 0 Å². The summed E-state index contributed by atoms with van der Waals surface area (Å²) >= 11 is 1.79. The second-order valence-corrected chi connectivity index (χ2v) is 5.72. The maximum atomic E-state index is 5.88. The van der Waals surface area contributed by atoms with Gasteiger partial charge in [0.05, 0.1) is 0 Å². The maximum Gasteiger partial charge on any atom is 0.119 e. The molecule has 1 nitrogen and oxygen atoms in total. The Morgan fingerprint density at radius 2 is 1.79 bits per heavy atom. The molecule has 0 saturated carbocycles. The molecule has 0 amide bonds. The van der Waals surface area contributed by atoms with Crippen LogP contribution in [0.25, 0.3) is 10.1 Å². The van der Waals surface area contributed by atoms with Crippen molar-refractivity contribution in [1.29, 1.82) is 0 Å². The van der Waals surface area contributed by atoms with Crippen LogP contribution in [-0.4, -0.2) is 0 Å². The van der Waals surface area contributed by atoms with Crippen LogP contribution >= 0.6 is 11.3 Å². The predicted molar refractivity (Wildman–Crippen MR) is 82.1 cm³/mol. The van der Waals surface area contributed by atoms with E-state index in [4.69, 9.17) is 4.74 Å². The summed E-state index contributed by atoms with van der Waals surface area (Å²) < 4.78 is 7.21. The van der Waals surface area contributed by atoms with Gasteiger partial charge in [-0.15, -0.1) is 11.3 Å². The third kappa shape index (κ3) is 2.49. The summed E-state index contributed by atoms with van der Waals surface area (Å²) in [6, 6.07) is 14.6. The highest BCUT2D eigenvalue weighted by Gasteiger charge is 2.07. The van der Waals surface area contributed by atoms with Gasteiger partial charge in [0.25, 0.3) is 0 Å². The number of benzene rings is 2. The van der Waals surface area contributed by atoms with Gasteiger partial charge < -0.3 is 4.74 Å². The van der Waals surface area contributed by atoms with E-state index in [1.54, 1.807) is 11.3 Å². The zero-order valence-electron chi connectivity index (χ0n) is 11.1. The minimum Gasteiger partial charge on any atom is -0.489 e. The van der Waals surface area contributed by atoms with Gasteiger partial charge in [0, 0.05) is 15.6 Å². The maximum absolute atomic E-state index is 5.88. The van der Waals surface area contributed by atoms with E-state index in [-0.39, 0.29) is 0 Å². The summed E-state index contributed by atoms with van der Waals surface area (Å²) in [5.74, 6) is 0.929. The van der Waals surface area contributed by atoms with E-state index >= 15 is 0 Å². The summed E-state index contributed by atoms with van der Waals surface area (Å²) in [5, 5.41) is 3.55. The smallest absolute Gasteiger partial charge is 0.119 e. The van der Waals surface area contributed by atoms with E-state index in [1.165, 1.54) is 26.8 Å². The molecular formula is C17H16OS. The summed E-state index contributed by atoms with van der Waals surface area (Å²) in [6.45, 7) is 4.87. The van der Waals surface area contributed by atoms with Gasteiger partial charge in [-0.05, 0) is 43.0 Å². The fourth-order valence-corrected chi connectivity index (χ4v) is 3.27. The highest BCUT2D eigenvalue weighted by molar-refractivity contribution is 7.17. The van der Waals surface area contributed by atoms with Gasteiger partial charge in [-0.3, -0.25) is 0 Å². The molecule has 0 radical (unpaired) electrons. The molecule has 0 aliphatic heterocycles. The first-order valence-corrected chi connectivity index (χ1v) is 7.27. The monoisotopic (exact) mass is 268 g/mol. The van der Waals surface area contributed by atoms with Crippen LogP contribution < -0.4 is 4.74 Å². The van der Waals surface area contributed by atoms with E-state index in [0.717, 1.165) is 5.75 Å². The minimum atomic E-state index is 0.633. The lowest BCUT2D eigenvalue weighted by atomic mass is 10.1. The SMILES string of the molecule is Cc1ccc(OCc2csc3cccc(C)c23)cc1. The molecule has 3 rings (SSSR count). The van der Waals surface area contributed by atoms with Crippen LogP contribution in [0.15, 0.2) is 47.8 Å². The van der Waals surface area contributed by atoms with Crippen LogP contribution in [0.4, 0.5) is 0 Å². The number of hydrogen-bond donors (Lipinski definition) is 0. The molecule has 0 N–H and O–H groups in total. The molecule has 0 aliphatic carbocycles. The van der Waals surface area contributed by atoms with Crippen molar-refractivity contribution < 1.29 is 4.74 Å². The number of hydrogen-bond acceptors (Lipinski definition) is 2. The first-order chi connectivity index (χ1) is 9.24. The van der Waals surface area contributed by atoms with Crippen LogP contribution in [0.5, 0.6) is 5.75 Å². The molecule has 1 aromatic heterocycles. The highest BCUT2D eigenvalue weighted by atomic mass is 32.1. The van der Waals surface area contributed by atoms with Crippen LogP contribution in [0.3, 0.4) is 0 Å². The van der Waals surface area contributed by atoms with Gasteiger partial charge >= 0.3 is 0 Å². The topological polar surface area (TPSA) is 9.23 Å². The average molecular weight is 268 g/mol. The molecule has 0 bridgehead atoms. The highest BCUT2D eigenvalue weighted by Crippen LogP contribution is 2.29. The zero-order valence-corrected chi connectivity index (χ0v) is 12.0. The van der Waals surface area contributed by atoms with E-state index in [2.05, 4.69) is 49.6 Å². The van der Waals surface area contributed by atoms with Crippen LogP contribution in [0.1, 0.15) is 16.7 Å². The predicted octanol–water partition coefficient (Wildman–Crippen LogP) is 5.10. The Morgan fingerprint density at radius 3 is 2.58 bits per heavy atom. The Balaban J connectivity index is 1.84. The van der Waals surface area contributed by atoms with E-state index in [0.29, 0.717) is 6.61 Å². The summed E-state index contributed by atoms with van der Waals surface area (Å²) in [7, 11) is 0. The Hall–Kier alpha value is -1.80. The molecule has 19 heavy (non-hydrogen) atoms. The van der Waals surface area contributed by atoms with Gasteiger partial charge in [-0.2, -0.15) is 0 Å². The number of rotatable bonds is 3. The van der Waals surface area contributed by atoms with Gasteiger partial charge in [-0.1, -0.05) is 29.8 Å². The molecule has 2 heteroatoms. The van der Waals surface area contributed by atoms with Crippen molar-refractivity contribution in [2.45, 2.75) is 20.5 Å². The lowest BCUT2D eigenvalue weighted by Crippen LogP contribution is -1.94. The Morgan fingerprint density at radius 1 is 1.00 bits per heavy atom. The first kappa shape index (κ1) is 12.2. The number of thiophene rings is 1. The third-order valence-electron chi connectivity index (χ3n) is 3.30. The fraction of sp³-hybridized carbons (Fsp3) is 0.176. The van der Waals surface area contributed by atoms with Crippen molar-refractivity contribution in [3.8, 4) is 5.75 Å². The summed E-state index contributed by atoms with van der Waals surface area (Å²) in [4.78, 5) is 0. The average Bonchev–Trinajstić information content (AvgIpc) is 2.83. The van der Waals surface area contributed by atoms with Crippen LogP contribution in [-0.2, 0) is 6.61 Å². The standard InChI is InChI=1S/C17H16OS/c1-12-6-8-15(9-7-12)18-10-14-11-19-16-5-3-4-13(2)17(14)16/h3-9,11H,10H2,1-2H3. The third-order valence-corrected chi connectivity index (χ3v) is 4.30. The lowest BCUT2D eigenvalue weighted by Gasteiger charge is -2.06. The second-order valence-electron chi connectivity index (χ2n) is 4.81. The molecule has 0 spiro atoms. The van der Waals surface area contributed by atoms with E-state index < -0.39 is 0 Å². The molecule has 0 atom stereocenters. The molecule has 0 unspecified atom stereocenters. The number of aryl methyl sites for hydroxylation is 2. The van der Waals surface area contributed by atoms with Crippen LogP contribution in [0, 0.1) is 13.8 Å². The molecule has 3 aromatic rings. The van der Waals surface area contributed by atoms with Crippen molar-refractivity contribution in [3.63, 3.8) is 0 Å². The molecule has 96 valence electrons. The fourth-order valence-electron chi connectivity index (χ4n) is 2.25. The molecule has 2 aromatic carbocycles. The molecule has 0 aliphatic rings. The number of ether oxygens (including phenoxy) is 1. The van der Waals surface area contributed by atoms with Crippen molar-refractivity contribution in [1.82, 2.24) is 0 Å². The van der Waals surface area contributed by atoms with Crippen molar-refractivity contribution in [3.05, 3.63) is 64.5 Å². The van der Waals surface area contributed by atoms with Gasteiger partial charge in [-0.25, -0.2) is 0 Å². The minimum absolute atomic E-state index is 0.633. The molecular weight excluding hydrogens is 252 g/mol. The van der Waals surface area contributed by atoms with E-state index in [1.807, 2.05) is 12.1 Å². The van der Waals surface area contributed by atoms with Crippen molar-refractivity contribution >= 4 is 21.4 Å². The summed E-state index contributed by atoms with van der Waals surface area (Å²) in [5.41, 5.74) is 3.85. The molecule has 1 heterocycles. The van der Waals surface area contributed by atoms with Gasteiger partial charge in [0.1, 0.15) is 12.4 Å². The van der Waals surface area contributed by atoms with Gasteiger partial charge in [0.15, 0.2) is 0 Å². The van der Waals surface area contributed by atoms with Gasteiger partial charge in [0.2, 0.25) is 0 Å². The quantitative estimate of drug-likeness (QED) is 0.642. The summed E-state index contributed by atoms with van der Waals surface area (Å²) in [6.07, 6.45) is 0. The van der Waals surface area contributed by atoms with Crippen LogP contribution in [0.2, 0.25) is 0 Å². The molecule has 0 saturated heterocycles. The Bertz CT molecular complexity index is 695.